The van der Waals surface area contributed by atoms with Gasteiger partial charge in [-0.05, 0) is 23.1 Å². The molecule has 0 saturated carbocycles. The number of ether oxygens (including phenoxy) is 2. The second kappa shape index (κ2) is 8.02. The lowest BCUT2D eigenvalue weighted by atomic mass is 9.87. The third-order valence-corrected chi connectivity index (χ3v) is 4.94. The van der Waals surface area contributed by atoms with Crippen molar-refractivity contribution in [2.24, 2.45) is 0 Å². The van der Waals surface area contributed by atoms with Crippen molar-refractivity contribution in [1.29, 1.82) is 0 Å². The van der Waals surface area contributed by atoms with Crippen LogP contribution in [-0.4, -0.2) is 35.0 Å². The molecule has 0 bridgehead atoms. The van der Waals surface area contributed by atoms with Crippen molar-refractivity contribution in [3.05, 3.63) is 47.2 Å². The van der Waals surface area contributed by atoms with E-state index in [4.69, 9.17) is 9.47 Å². The minimum absolute atomic E-state index is 0.0184. The number of methoxy groups -OCH3 is 1. The molecule has 0 aliphatic carbocycles. The van der Waals surface area contributed by atoms with Crippen LogP contribution in [0.4, 0.5) is 5.69 Å². The summed E-state index contributed by atoms with van der Waals surface area (Å²) in [5.74, 6) is -0.384. The largest absolute Gasteiger partial charge is 0.495 e. The van der Waals surface area contributed by atoms with Crippen LogP contribution in [0.15, 0.2) is 36.0 Å². The first-order chi connectivity index (χ1) is 13.3. The SMILES string of the molecule is COc1ccc(C(C)(C)C)cc1NC(=O)COC(=O)Cc1cn2ccsc2n1. The average molecular weight is 401 g/mol. The van der Waals surface area contributed by atoms with Crippen LogP contribution in [0.2, 0.25) is 0 Å². The molecule has 0 unspecified atom stereocenters. The highest BCUT2D eigenvalue weighted by atomic mass is 32.1. The Morgan fingerprint density at radius 1 is 1.29 bits per heavy atom. The Morgan fingerprint density at radius 3 is 2.75 bits per heavy atom. The smallest absolute Gasteiger partial charge is 0.312 e. The monoisotopic (exact) mass is 401 g/mol. The predicted octanol–water partition coefficient (Wildman–Crippen LogP) is 3.43. The van der Waals surface area contributed by atoms with E-state index in [9.17, 15) is 9.59 Å². The van der Waals surface area contributed by atoms with Gasteiger partial charge >= 0.3 is 5.97 Å². The molecule has 2 aromatic heterocycles. The fourth-order valence-electron chi connectivity index (χ4n) is 2.66. The van der Waals surface area contributed by atoms with Gasteiger partial charge in [-0.3, -0.25) is 14.0 Å². The quantitative estimate of drug-likeness (QED) is 0.640. The summed E-state index contributed by atoms with van der Waals surface area (Å²) < 4.78 is 12.2. The number of hydrogen-bond donors (Lipinski definition) is 1. The second-order valence-corrected chi connectivity index (χ2v) is 8.25. The lowest BCUT2D eigenvalue weighted by Gasteiger charge is -2.21. The zero-order valence-corrected chi connectivity index (χ0v) is 17.1. The number of hydrogen-bond acceptors (Lipinski definition) is 6. The van der Waals surface area contributed by atoms with Gasteiger partial charge in [-0.15, -0.1) is 11.3 Å². The minimum Gasteiger partial charge on any atom is -0.495 e. The molecular weight excluding hydrogens is 378 g/mol. The number of amides is 1. The van der Waals surface area contributed by atoms with Gasteiger partial charge in [0.25, 0.3) is 5.91 Å². The summed E-state index contributed by atoms with van der Waals surface area (Å²) in [4.78, 5) is 29.4. The number of rotatable bonds is 6. The van der Waals surface area contributed by atoms with E-state index in [0.29, 0.717) is 17.1 Å². The molecule has 1 aromatic carbocycles. The molecule has 0 fully saturated rings. The Kier molecular flexibility index (Phi) is 5.69. The third kappa shape index (κ3) is 4.69. The summed E-state index contributed by atoms with van der Waals surface area (Å²) in [5, 5.41) is 4.67. The van der Waals surface area contributed by atoms with E-state index in [0.717, 1.165) is 10.5 Å². The van der Waals surface area contributed by atoms with Crippen molar-refractivity contribution in [2.45, 2.75) is 32.6 Å². The molecule has 0 atom stereocenters. The van der Waals surface area contributed by atoms with Crippen LogP contribution in [0.25, 0.3) is 4.96 Å². The molecule has 0 radical (unpaired) electrons. The van der Waals surface area contributed by atoms with Crippen molar-refractivity contribution in [3.63, 3.8) is 0 Å². The third-order valence-electron chi connectivity index (χ3n) is 4.17. The zero-order chi connectivity index (χ0) is 20.3. The Hall–Kier alpha value is -2.87. The molecule has 0 spiro atoms. The maximum atomic E-state index is 12.2. The fraction of sp³-hybridized carbons (Fsp3) is 0.350. The van der Waals surface area contributed by atoms with Crippen molar-refractivity contribution in [3.8, 4) is 5.75 Å². The van der Waals surface area contributed by atoms with E-state index in [1.807, 2.05) is 34.2 Å². The number of thiazole rings is 1. The van der Waals surface area contributed by atoms with Gasteiger partial charge in [0.05, 0.1) is 24.9 Å². The van der Waals surface area contributed by atoms with Crippen LogP contribution in [-0.2, 0) is 26.2 Å². The van der Waals surface area contributed by atoms with Crippen LogP contribution in [0.1, 0.15) is 32.0 Å². The highest BCUT2D eigenvalue weighted by Crippen LogP contribution is 2.31. The highest BCUT2D eigenvalue weighted by Gasteiger charge is 2.18. The Bertz CT molecular complexity index is 972. The normalized spacial score (nSPS) is 11.4. The summed E-state index contributed by atoms with van der Waals surface area (Å²) in [6.07, 6.45) is 3.66. The summed E-state index contributed by atoms with van der Waals surface area (Å²) in [6.45, 7) is 5.89. The van der Waals surface area contributed by atoms with E-state index < -0.39 is 11.9 Å². The van der Waals surface area contributed by atoms with Gasteiger partial charge in [-0.25, -0.2) is 4.98 Å². The van der Waals surface area contributed by atoms with Gasteiger partial charge in [0.15, 0.2) is 11.6 Å². The first-order valence-corrected chi connectivity index (χ1v) is 9.69. The first-order valence-electron chi connectivity index (χ1n) is 8.81. The molecule has 2 heterocycles. The second-order valence-electron chi connectivity index (χ2n) is 7.38. The van der Waals surface area contributed by atoms with Gasteiger partial charge in [0.1, 0.15) is 5.75 Å². The number of nitrogens with zero attached hydrogens (tertiary/aromatic N) is 2. The van der Waals surface area contributed by atoms with Crippen molar-refractivity contribution in [2.75, 3.05) is 19.0 Å². The van der Waals surface area contributed by atoms with Crippen LogP contribution in [0, 0.1) is 0 Å². The van der Waals surface area contributed by atoms with E-state index in [-0.39, 0.29) is 18.4 Å². The summed E-state index contributed by atoms with van der Waals surface area (Å²) in [5.41, 5.74) is 2.14. The number of benzene rings is 1. The lowest BCUT2D eigenvalue weighted by molar-refractivity contribution is -0.146. The fourth-order valence-corrected chi connectivity index (χ4v) is 3.38. The molecule has 1 N–H and O–H groups in total. The summed E-state index contributed by atoms with van der Waals surface area (Å²) >= 11 is 1.48. The number of anilines is 1. The van der Waals surface area contributed by atoms with Gasteiger partial charge in [-0.2, -0.15) is 0 Å². The standard InChI is InChI=1S/C20H23N3O4S/c1-20(2,3)13-5-6-16(26-4)15(9-13)22-17(24)12-27-18(25)10-14-11-23-7-8-28-19(23)21-14/h5-9,11H,10,12H2,1-4H3,(H,22,24). The predicted molar refractivity (Wildman–Crippen MR) is 108 cm³/mol. The molecule has 1 amide bonds. The van der Waals surface area contributed by atoms with Crippen LogP contribution in [0.3, 0.4) is 0 Å². The van der Waals surface area contributed by atoms with Gasteiger partial charge < -0.3 is 14.8 Å². The Balaban J connectivity index is 1.57. The maximum Gasteiger partial charge on any atom is 0.312 e. The van der Waals surface area contributed by atoms with E-state index in [1.54, 1.807) is 6.20 Å². The molecule has 28 heavy (non-hydrogen) atoms. The van der Waals surface area contributed by atoms with Gasteiger partial charge in [0, 0.05) is 17.8 Å². The van der Waals surface area contributed by atoms with Crippen molar-refractivity contribution in [1.82, 2.24) is 9.38 Å². The Labute approximate surface area is 167 Å². The zero-order valence-electron chi connectivity index (χ0n) is 16.3. The van der Waals surface area contributed by atoms with Crippen LogP contribution < -0.4 is 10.1 Å². The first kappa shape index (κ1) is 19.9. The topological polar surface area (TPSA) is 81.9 Å². The highest BCUT2D eigenvalue weighted by molar-refractivity contribution is 7.15. The molecule has 0 aliphatic rings. The minimum atomic E-state index is -0.503. The number of carbonyl (C=O) groups excluding carboxylic acids is 2. The van der Waals surface area contributed by atoms with E-state index in [1.165, 1.54) is 18.4 Å². The number of fused-ring (bicyclic) bond motifs is 1. The van der Waals surface area contributed by atoms with Gasteiger partial charge in [-0.1, -0.05) is 26.8 Å². The molecular formula is C20H23N3O4S. The van der Waals surface area contributed by atoms with Gasteiger partial charge in [0.2, 0.25) is 0 Å². The molecule has 0 saturated heterocycles. The number of esters is 1. The van der Waals surface area contributed by atoms with E-state index >= 15 is 0 Å². The molecule has 8 heteroatoms. The molecule has 0 aliphatic heterocycles. The number of aromatic nitrogens is 2. The number of carbonyl (C=O) groups is 2. The number of imidazole rings is 1. The van der Waals surface area contributed by atoms with E-state index in [2.05, 4.69) is 31.1 Å². The van der Waals surface area contributed by atoms with Crippen LogP contribution >= 0.6 is 11.3 Å². The summed E-state index contributed by atoms with van der Waals surface area (Å²) in [6, 6.07) is 5.65. The number of nitrogens with one attached hydrogen (secondary N) is 1. The van der Waals surface area contributed by atoms with Crippen LogP contribution in [0.5, 0.6) is 5.75 Å². The molecule has 7 nitrogen and oxygen atoms in total. The molecule has 3 aromatic rings. The average Bonchev–Trinajstić information content (AvgIpc) is 3.20. The lowest BCUT2D eigenvalue weighted by Crippen LogP contribution is -2.22. The summed E-state index contributed by atoms with van der Waals surface area (Å²) in [7, 11) is 1.54. The van der Waals surface area contributed by atoms with Crippen molar-refractivity contribution < 1.29 is 19.1 Å². The Morgan fingerprint density at radius 2 is 2.07 bits per heavy atom. The molecule has 148 valence electrons. The van der Waals surface area contributed by atoms with Crippen molar-refractivity contribution >= 4 is 33.9 Å². The molecule has 3 rings (SSSR count). The maximum absolute atomic E-state index is 12.2.